The third-order valence-corrected chi connectivity index (χ3v) is 2.21. The molecule has 0 aromatic heterocycles. The number of aliphatic hydroxyl groups is 1. The van der Waals surface area contributed by atoms with E-state index in [1.807, 2.05) is 6.92 Å². The summed E-state index contributed by atoms with van der Waals surface area (Å²) in [5.74, 6) is -0.884. The number of hydrogen-bond acceptors (Lipinski definition) is 3. The molecule has 0 unspecified atom stereocenters. The molecule has 1 aliphatic heterocycles. The number of likely N-dealkylation sites (tertiary alicyclic amines) is 1. The number of carboxylic acids is 1. The van der Waals surface area contributed by atoms with E-state index in [2.05, 4.69) is 0 Å². The van der Waals surface area contributed by atoms with Gasteiger partial charge in [-0.1, -0.05) is 6.92 Å². The van der Waals surface area contributed by atoms with Gasteiger partial charge in [-0.05, 0) is 13.0 Å². The Hall–Kier alpha value is -0.610. The molecule has 0 bridgehead atoms. The zero-order chi connectivity index (χ0) is 8.59. The van der Waals surface area contributed by atoms with E-state index < -0.39 is 18.1 Å². The van der Waals surface area contributed by atoms with Crippen molar-refractivity contribution in [2.24, 2.45) is 5.92 Å². The Kier molecular flexibility index (Phi) is 2.15. The van der Waals surface area contributed by atoms with Gasteiger partial charge in [0.25, 0.3) is 0 Å². The van der Waals surface area contributed by atoms with Gasteiger partial charge in [0.15, 0.2) is 0 Å². The monoisotopic (exact) mass is 159 g/mol. The number of likely N-dealkylation sites (N-methyl/N-ethyl adjacent to an activating group) is 1. The lowest BCUT2D eigenvalue weighted by atomic mass is 10.0. The Morgan fingerprint density at radius 2 is 2.18 bits per heavy atom. The molecule has 1 aliphatic rings. The van der Waals surface area contributed by atoms with Gasteiger partial charge in [0, 0.05) is 6.54 Å². The van der Waals surface area contributed by atoms with Crippen LogP contribution in [0.2, 0.25) is 0 Å². The number of carbonyl (C=O) groups is 1. The van der Waals surface area contributed by atoms with Gasteiger partial charge in [-0.2, -0.15) is 0 Å². The lowest BCUT2D eigenvalue weighted by Gasteiger charge is -2.16. The second-order valence-electron chi connectivity index (χ2n) is 3.19. The van der Waals surface area contributed by atoms with E-state index in [-0.39, 0.29) is 5.92 Å². The summed E-state index contributed by atoms with van der Waals surface area (Å²) in [6.07, 6.45) is -0.725. The Morgan fingerprint density at radius 3 is 2.36 bits per heavy atom. The molecule has 0 aliphatic carbocycles. The second kappa shape index (κ2) is 2.79. The highest BCUT2D eigenvalue weighted by molar-refractivity contribution is 5.74. The molecule has 0 aromatic carbocycles. The molecule has 3 atom stereocenters. The van der Waals surface area contributed by atoms with Crippen molar-refractivity contribution in [2.45, 2.75) is 19.1 Å². The van der Waals surface area contributed by atoms with E-state index >= 15 is 0 Å². The first kappa shape index (κ1) is 8.49. The van der Waals surface area contributed by atoms with Crippen molar-refractivity contribution in [3.8, 4) is 0 Å². The fraction of sp³-hybridized carbons (Fsp3) is 0.857. The number of aliphatic hydroxyl groups excluding tert-OH is 1. The average Bonchev–Trinajstić information content (AvgIpc) is 2.07. The Morgan fingerprint density at radius 1 is 1.64 bits per heavy atom. The number of hydrogen-bond donors (Lipinski definition) is 2. The normalized spacial score (nSPS) is 39.4. The van der Waals surface area contributed by atoms with Gasteiger partial charge < -0.3 is 10.2 Å². The molecule has 0 spiro atoms. The van der Waals surface area contributed by atoms with Crippen molar-refractivity contribution in [3.05, 3.63) is 0 Å². The van der Waals surface area contributed by atoms with Crippen LogP contribution in [0.3, 0.4) is 0 Å². The Balaban J connectivity index is 2.71. The molecule has 0 amide bonds. The maximum Gasteiger partial charge on any atom is 0.323 e. The van der Waals surface area contributed by atoms with Crippen molar-refractivity contribution in [1.29, 1.82) is 0 Å². The Labute approximate surface area is 65.4 Å². The van der Waals surface area contributed by atoms with Crippen molar-refractivity contribution >= 4 is 5.97 Å². The lowest BCUT2D eigenvalue weighted by molar-refractivity contribution is -0.144. The van der Waals surface area contributed by atoms with Crippen LogP contribution in [0.4, 0.5) is 0 Å². The van der Waals surface area contributed by atoms with Gasteiger partial charge in [0.1, 0.15) is 6.04 Å². The van der Waals surface area contributed by atoms with Gasteiger partial charge in [-0.15, -0.1) is 0 Å². The maximum absolute atomic E-state index is 10.6. The summed E-state index contributed by atoms with van der Waals surface area (Å²) >= 11 is 0. The maximum atomic E-state index is 10.6. The van der Waals surface area contributed by atoms with Gasteiger partial charge in [0.05, 0.1) is 6.10 Å². The van der Waals surface area contributed by atoms with Crippen molar-refractivity contribution in [2.75, 3.05) is 13.6 Å². The van der Waals surface area contributed by atoms with E-state index in [1.54, 1.807) is 11.9 Å². The highest BCUT2D eigenvalue weighted by atomic mass is 16.4. The minimum Gasteiger partial charge on any atom is -0.480 e. The molecule has 11 heavy (non-hydrogen) atoms. The molecule has 0 aromatic rings. The number of aliphatic carboxylic acids is 1. The fourth-order valence-corrected chi connectivity index (χ4v) is 1.58. The molecule has 4 heteroatoms. The van der Waals surface area contributed by atoms with Crippen molar-refractivity contribution in [3.63, 3.8) is 0 Å². The summed E-state index contributed by atoms with van der Waals surface area (Å²) in [6, 6.07) is -0.718. The van der Waals surface area contributed by atoms with Crippen LogP contribution >= 0.6 is 0 Å². The molecule has 1 fully saturated rings. The van der Waals surface area contributed by atoms with Crippen LogP contribution in [0.5, 0.6) is 0 Å². The summed E-state index contributed by atoms with van der Waals surface area (Å²) in [4.78, 5) is 12.2. The van der Waals surface area contributed by atoms with Crippen molar-refractivity contribution in [1.82, 2.24) is 4.90 Å². The number of nitrogens with zero attached hydrogens (tertiary/aromatic N) is 1. The first-order valence-electron chi connectivity index (χ1n) is 3.65. The third kappa shape index (κ3) is 1.36. The molecule has 0 saturated carbocycles. The lowest BCUT2D eigenvalue weighted by Crippen LogP contribution is -2.40. The fourth-order valence-electron chi connectivity index (χ4n) is 1.58. The number of carboxylic acid groups (broad SMARTS) is 1. The molecular formula is C7H13NO3. The molecule has 1 heterocycles. The summed E-state index contributed by atoms with van der Waals surface area (Å²) in [5, 5.41) is 18.0. The van der Waals surface area contributed by atoms with Crippen LogP contribution in [0, 0.1) is 5.92 Å². The predicted molar refractivity (Wildman–Crippen MR) is 39.2 cm³/mol. The van der Waals surface area contributed by atoms with Gasteiger partial charge in [-0.25, -0.2) is 0 Å². The van der Waals surface area contributed by atoms with Gasteiger partial charge in [-0.3, -0.25) is 9.69 Å². The van der Waals surface area contributed by atoms with E-state index in [1.165, 1.54) is 0 Å². The van der Waals surface area contributed by atoms with E-state index in [4.69, 9.17) is 5.11 Å². The van der Waals surface area contributed by atoms with Crippen LogP contribution in [0.1, 0.15) is 6.92 Å². The standard InChI is InChI=1S/C7H13NO3/c1-4-3-8(2)5(6(4)9)7(10)11/h4-6,9H,3H2,1-2H3,(H,10,11)/t4-,5+,6+/m1/s1. The molecule has 64 valence electrons. The summed E-state index contributed by atoms with van der Waals surface area (Å²) in [6.45, 7) is 2.50. The molecule has 1 saturated heterocycles. The average molecular weight is 159 g/mol. The zero-order valence-corrected chi connectivity index (χ0v) is 6.69. The largest absolute Gasteiger partial charge is 0.480 e. The topological polar surface area (TPSA) is 60.8 Å². The van der Waals surface area contributed by atoms with Crippen LogP contribution < -0.4 is 0 Å². The van der Waals surface area contributed by atoms with Crippen molar-refractivity contribution < 1.29 is 15.0 Å². The zero-order valence-electron chi connectivity index (χ0n) is 6.69. The molecular weight excluding hydrogens is 146 g/mol. The molecule has 0 radical (unpaired) electrons. The highest BCUT2D eigenvalue weighted by Gasteiger charge is 2.40. The highest BCUT2D eigenvalue weighted by Crippen LogP contribution is 2.21. The van der Waals surface area contributed by atoms with Crippen LogP contribution in [-0.2, 0) is 4.79 Å². The van der Waals surface area contributed by atoms with Gasteiger partial charge in [0.2, 0.25) is 0 Å². The minimum absolute atomic E-state index is 0.0566. The molecule has 1 rings (SSSR count). The van der Waals surface area contributed by atoms with E-state index in [9.17, 15) is 9.90 Å². The first-order valence-corrected chi connectivity index (χ1v) is 3.65. The second-order valence-corrected chi connectivity index (χ2v) is 3.19. The van der Waals surface area contributed by atoms with Crippen LogP contribution in [0.25, 0.3) is 0 Å². The third-order valence-electron chi connectivity index (χ3n) is 2.21. The quantitative estimate of drug-likeness (QED) is 0.535. The van der Waals surface area contributed by atoms with Crippen LogP contribution in [0.15, 0.2) is 0 Å². The first-order chi connectivity index (χ1) is 5.04. The smallest absolute Gasteiger partial charge is 0.323 e. The van der Waals surface area contributed by atoms with Crippen LogP contribution in [-0.4, -0.2) is 46.8 Å². The molecule has 2 N–H and O–H groups in total. The summed E-state index contributed by atoms with van der Waals surface area (Å²) < 4.78 is 0. The van der Waals surface area contributed by atoms with Gasteiger partial charge >= 0.3 is 5.97 Å². The summed E-state index contributed by atoms with van der Waals surface area (Å²) in [5.41, 5.74) is 0. The predicted octanol–water partition coefficient (Wildman–Crippen LogP) is -0.618. The molecule has 4 nitrogen and oxygen atoms in total. The van der Waals surface area contributed by atoms with E-state index in [0.29, 0.717) is 6.54 Å². The Bertz CT molecular complexity index is 171. The number of rotatable bonds is 1. The minimum atomic E-state index is -0.940. The summed E-state index contributed by atoms with van der Waals surface area (Å²) in [7, 11) is 1.71. The SMILES string of the molecule is C[C@@H]1CN(C)[C@H](C(=O)O)[C@H]1O. The van der Waals surface area contributed by atoms with E-state index in [0.717, 1.165) is 0 Å².